The van der Waals surface area contributed by atoms with E-state index in [1.165, 1.54) is 0 Å². The van der Waals surface area contributed by atoms with Crippen LogP contribution >= 0.6 is 0 Å². The van der Waals surface area contributed by atoms with E-state index in [2.05, 4.69) is 5.32 Å². The Hall–Kier alpha value is -4.16. The Bertz CT molecular complexity index is 948. The number of carbonyl (C=O) groups is 6. The van der Waals surface area contributed by atoms with E-state index in [0.29, 0.717) is 5.56 Å². The van der Waals surface area contributed by atoms with Crippen LogP contribution in [0.5, 0.6) is 0 Å². The van der Waals surface area contributed by atoms with Crippen molar-refractivity contribution in [1.82, 2.24) is 5.32 Å². The van der Waals surface area contributed by atoms with E-state index >= 15 is 0 Å². The second kappa shape index (κ2) is 15.8. The minimum absolute atomic E-state index is 0.135. The average molecular weight is 526 g/mol. The van der Waals surface area contributed by atoms with Crippen molar-refractivity contribution >= 4 is 35.9 Å². The van der Waals surface area contributed by atoms with Gasteiger partial charge in [-0.3, -0.25) is 29.3 Å². The summed E-state index contributed by atoms with van der Waals surface area (Å²) in [6, 6.07) is 8.68. The quantitative estimate of drug-likeness (QED) is 0.224. The van der Waals surface area contributed by atoms with Crippen LogP contribution in [-0.4, -0.2) is 67.1 Å². The Balaban J connectivity index is 3.30. The maximum atomic E-state index is 12.5. The van der Waals surface area contributed by atoms with E-state index in [9.17, 15) is 28.8 Å². The highest BCUT2D eigenvalue weighted by Gasteiger charge is 2.44. The van der Waals surface area contributed by atoms with Crippen molar-refractivity contribution in [2.45, 2.75) is 72.2 Å². The summed E-state index contributed by atoms with van der Waals surface area (Å²) in [4.78, 5) is 71.2. The van der Waals surface area contributed by atoms with Crippen molar-refractivity contribution in [3.8, 4) is 0 Å². The van der Waals surface area contributed by atoms with Gasteiger partial charge in [0.15, 0.2) is 12.2 Å². The van der Waals surface area contributed by atoms with E-state index in [0.717, 1.165) is 34.6 Å². The van der Waals surface area contributed by atoms with Gasteiger partial charge in [-0.15, -0.1) is 0 Å². The molecule has 0 aliphatic carbocycles. The minimum Gasteiger partial charge on any atom is -0.466 e. The van der Waals surface area contributed by atoms with Crippen molar-refractivity contribution in [3.05, 3.63) is 35.9 Å². The second-order valence-corrected chi connectivity index (χ2v) is 7.66. The lowest BCUT2D eigenvalue weighted by Gasteiger charge is -2.35. The van der Waals surface area contributed by atoms with Crippen molar-refractivity contribution < 1.29 is 57.2 Å². The fourth-order valence-corrected chi connectivity index (χ4v) is 3.10. The molecule has 13 heteroatoms. The van der Waals surface area contributed by atoms with Gasteiger partial charge in [0.05, 0.1) is 6.61 Å². The number of rotatable bonds is 13. The molecule has 0 fully saturated rings. The molecule has 4 atom stereocenters. The standard InChI is InChI=1S/C24H31NO12/c1-14(26)32-12-11-20(34-15(2)27)21(35-16(3)28)22(36-17(4)29)23(37-18(5)30)25-24(31)33-13-19-9-7-6-8-10-19/h6-10,20-23H,11-13H2,1-5H3,(H,25,31). The van der Waals surface area contributed by atoms with Crippen LogP contribution < -0.4 is 5.32 Å². The molecule has 0 bridgehead atoms. The van der Waals surface area contributed by atoms with Gasteiger partial charge in [0.25, 0.3) is 0 Å². The molecule has 1 aromatic rings. The number of benzene rings is 1. The predicted molar refractivity (Wildman–Crippen MR) is 123 cm³/mol. The summed E-state index contributed by atoms with van der Waals surface area (Å²) >= 11 is 0. The van der Waals surface area contributed by atoms with E-state index in [-0.39, 0.29) is 19.6 Å². The van der Waals surface area contributed by atoms with Crippen LogP contribution in [0, 0.1) is 0 Å². The molecule has 0 spiro atoms. The molecule has 0 radical (unpaired) electrons. The molecule has 0 saturated carbocycles. The van der Waals surface area contributed by atoms with Crippen molar-refractivity contribution in [2.75, 3.05) is 6.61 Å². The van der Waals surface area contributed by atoms with Gasteiger partial charge >= 0.3 is 35.9 Å². The topological polar surface area (TPSA) is 170 Å². The van der Waals surface area contributed by atoms with Crippen LogP contribution in [0.4, 0.5) is 4.79 Å². The molecule has 1 amide bonds. The molecule has 204 valence electrons. The first-order chi connectivity index (χ1) is 17.4. The van der Waals surface area contributed by atoms with Crippen LogP contribution in [-0.2, 0) is 59.0 Å². The number of carbonyl (C=O) groups excluding carboxylic acids is 6. The SMILES string of the molecule is CC(=O)OCCC(OC(C)=O)C(OC(C)=O)C(OC(C)=O)C(NC(=O)OCc1ccccc1)OC(C)=O. The predicted octanol–water partition coefficient (Wildman–Crippen LogP) is 1.55. The molecule has 1 rings (SSSR count). The monoisotopic (exact) mass is 525 g/mol. The van der Waals surface area contributed by atoms with Gasteiger partial charge < -0.3 is 28.4 Å². The normalized spacial score (nSPS) is 13.5. The third-order valence-electron chi connectivity index (χ3n) is 4.38. The molecule has 0 saturated heterocycles. The van der Waals surface area contributed by atoms with E-state index < -0.39 is 60.5 Å². The molecule has 0 aromatic heterocycles. The molecule has 37 heavy (non-hydrogen) atoms. The van der Waals surface area contributed by atoms with Gasteiger partial charge in [-0.1, -0.05) is 30.3 Å². The number of ether oxygens (including phenoxy) is 6. The highest BCUT2D eigenvalue weighted by atomic mass is 16.6. The zero-order valence-corrected chi connectivity index (χ0v) is 21.2. The lowest BCUT2D eigenvalue weighted by Crippen LogP contribution is -2.57. The fourth-order valence-electron chi connectivity index (χ4n) is 3.10. The van der Waals surface area contributed by atoms with Crippen LogP contribution in [0.1, 0.15) is 46.6 Å². The lowest BCUT2D eigenvalue weighted by atomic mass is 10.0. The molecule has 0 heterocycles. The smallest absolute Gasteiger partial charge is 0.410 e. The van der Waals surface area contributed by atoms with Crippen LogP contribution in [0.25, 0.3) is 0 Å². The van der Waals surface area contributed by atoms with E-state index in [4.69, 9.17) is 28.4 Å². The van der Waals surface area contributed by atoms with Crippen molar-refractivity contribution in [1.29, 1.82) is 0 Å². The lowest BCUT2D eigenvalue weighted by molar-refractivity contribution is -0.201. The largest absolute Gasteiger partial charge is 0.466 e. The molecular formula is C24H31NO12. The Labute approximate surface area is 213 Å². The summed E-state index contributed by atoms with van der Waals surface area (Å²) in [6.07, 6.45) is -7.63. The average Bonchev–Trinajstić information content (AvgIpc) is 2.78. The first-order valence-electron chi connectivity index (χ1n) is 11.2. The first-order valence-corrected chi connectivity index (χ1v) is 11.2. The number of hydrogen-bond donors (Lipinski definition) is 1. The minimum atomic E-state index is -1.74. The fraction of sp³-hybridized carbons (Fsp3) is 0.500. The number of hydrogen-bond acceptors (Lipinski definition) is 12. The number of amides is 1. The number of nitrogens with one attached hydrogen (secondary N) is 1. The molecular weight excluding hydrogens is 494 g/mol. The highest BCUT2D eigenvalue weighted by Crippen LogP contribution is 2.21. The van der Waals surface area contributed by atoms with Crippen molar-refractivity contribution in [2.24, 2.45) is 0 Å². The summed E-state index contributed by atoms with van der Waals surface area (Å²) < 4.78 is 31.0. The number of alkyl carbamates (subject to hydrolysis) is 1. The van der Waals surface area contributed by atoms with Crippen LogP contribution in [0.15, 0.2) is 30.3 Å². The molecule has 4 unspecified atom stereocenters. The third-order valence-corrected chi connectivity index (χ3v) is 4.38. The summed E-state index contributed by atoms with van der Waals surface area (Å²) in [5, 5.41) is 2.26. The Kier molecular flexibility index (Phi) is 13.1. The van der Waals surface area contributed by atoms with E-state index in [1.807, 2.05) is 0 Å². The van der Waals surface area contributed by atoms with Crippen LogP contribution in [0.3, 0.4) is 0 Å². The van der Waals surface area contributed by atoms with Gasteiger partial charge in [0.1, 0.15) is 12.7 Å². The molecule has 0 aliphatic rings. The zero-order valence-electron chi connectivity index (χ0n) is 21.2. The summed E-state index contributed by atoms with van der Waals surface area (Å²) in [5.74, 6) is -4.09. The molecule has 0 aliphatic heterocycles. The third kappa shape index (κ3) is 12.9. The molecule has 13 nitrogen and oxygen atoms in total. The van der Waals surface area contributed by atoms with E-state index in [1.54, 1.807) is 30.3 Å². The summed E-state index contributed by atoms with van der Waals surface area (Å²) in [6.45, 7) is 4.93. The second-order valence-electron chi connectivity index (χ2n) is 7.66. The Morgan fingerprint density at radius 3 is 1.73 bits per heavy atom. The molecule has 1 N–H and O–H groups in total. The van der Waals surface area contributed by atoms with Gasteiger partial charge in [-0.25, -0.2) is 4.79 Å². The van der Waals surface area contributed by atoms with Gasteiger partial charge in [0, 0.05) is 41.0 Å². The highest BCUT2D eigenvalue weighted by molar-refractivity contribution is 5.71. The summed E-state index contributed by atoms with van der Waals surface area (Å²) in [5.41, 5.74) is 0.663. The van der Waals surface area contributed by atoms with Gasteiger partial charge in [0.2, 0.25) is 6.23 Å². The van der Waals surface area contributed by atoms with Gasteiger partial charge in [-0.2, -0.15) is 0 Å². The zero-order chi connectivity index (χ0) is 28.0. The van der Waals surface area contributed by atoms with Crippen molar-refractivity contribution in [3.63, 3.8) is 0 Å². The molecule has 1 aromatic carbocycles. The maximum absolute atomic E-state index is 12.5. The first kappa shape index (κ1) is 30.9. The Morgan fingerprint density at radius 1 is 0.676 bits per heavy atom. The Morgan fingerprint density at radius 2 is 1.22 bits per heavy atom. The van der Waals surface area contributed by atoms with Gasteiger partial charge in [-0.05, 0) is 5.56 Å². The maximum Gasteiger partial charge on any atom is 0.410 e. The summed E-state index contributed by atoms with van der Waals surface area (Å²) in [7, 11) is 0. The van der Waals surface area contributed by atoms with Crippen LogP contribution in [0.2, 0.25) is 0 Å². The number of esters is 5.